The summed E-state index contributed by atoms with van der Waals surface area (Å²) in [4.78, 5) is 25.3. The number of carbonyl (C=O) groups excluding carboxylic acids is 2. The van der Waals surface area contributed by atoms with Gasteiger partial charge in [-0.05, 0) is 42.2 Å². The molecular weight excluding hydrogens is 474 g/mol. The second-order valence-electron chi connectivity index (χ2n) is 8.63. The predicted molar refractivity (Wildman–Crippen MR) is 143 cm³/mol. The number of nitrogens with zero attached hydrogens (tertiary/aromatic N) is 3. The van der Waals surface area contributed by atoms with Gasteiger partial charge >= 0.3 is 0 Å². The van der Waals surface area contributed by atoms with Gasteiger partial charge in [0.1, 0.15) is 5.75 Å². The fourth-order valence-corrected chi connectivity index (χ4v) is 4.50. The van der Waals surface area contributed by atoms with Crippen LogP contribution in [0.5, 0.6) is 5.75 Å². The van der Waals surface area contributed by atoms with E-state index in [2.05, 4.69) is 41.3 Å². The van der Waals surface area contributed by atoms with Crippen LogP contribution in [0.15, 0.2) is 66.3 Å². The zero-order valence-electron chi connectivity index (χ0n) is 21.2. The van der Waals surface area contributed by atoms with E-state index in [0.717, 1.165) is 22.6 Å². The van der Waals surface area contributed by atoms with Crippen LogP contribution < -0.4 is 15.4 Å². The molecule has 0 saturated carbocycles. The molecule has 2 amide bonds. The lowest BCUT2D eigenvalue weighted by Gasteiger charge is -2.16. The summed E-state index contributed by atoms with van der Waals surface area (Å²) in [5.74, 6) is 1.58. The Hall–Kier alpha value is -3.59. The lowest BCUT2D eigenvalue weighted by Crippen LogP contribution is -2.30. The number of nitrogens with one attached hydrogen (secondary N) is 2. The van der Waals surface area contributed by atoms with Gasteiger partial charge in [0, 0.05) is 12.2 Å². The molecule has 0 aliphatic rings. The van der Waals surface area contributed by atoms with Crippen molar-refractivity contribution in [2.75, 3.05) is 18.2 Å². The Morgan fingerprint density at radius 2 is 1.81 bits per heavy atom. The molecule has 0 spiro atoms. The molecular formula is C27H33N5O3S. The van der Waals surface area contributed by atoms with E-state index in [1.165, 1.54) is 11.8 Å². The highest BCUT2D eigenvalue weighted by Crippen LogP contribution is 2.25. The average Bonchev–Trinajstić information content (AvgIpc) is 3.26. The number of thioether (sulfide) groups is 1. The van der Waals surface area contributed by atoms with E-state index in [4.69, 9.17) is 4.74 Å². The van der Waals surface area contributed by atoms with Crippen molar-refractivity contribution in [2.45, 2.75) is 50.9 Å². The van der Waals surface area contributed by atoms with Gasteiger partial charge in [-0.1, -0.05) is 62.0 Å². The summed E-state index contributed by atoms with van der Waals surface area (Å²) in [6, 6.07) is 14.8. The van der Waals surface area contributed by atoms with Crippen LogP contribution >= 0.6 is 11.8 Å². The fraction of sp³-hybridized carbons (Fsp3) is 0.333. The maximum Gasteiger partial charge on any atom is 0.234 e. The first-order chi connectivity index (χ1) is 17.3. The van der Waals surface area contributed by atoms with Gasteiger partial charge in [-0.25, -0.2) is 0 Å². The molecule has 3 aromatic rings. The Labute approximate surface area is 216 Å². The number of anilines is 1. The van der Waals surface area contributed by atoms with Gasteiger partial charge in [-0.15, -0.1) is 16.8 Å². The van der Waals surface area contributed by atoms with Crippen molar-refractivity contribution in [1.29, 1.82) is 0 Å². The van der Waals surface area contributed by atoms with E-state index >= 15 is 0 Å². The minimum atomic E-state index is -0.371. The zero-order valence-corrected chi connectivity index (χ0v) is 22.0. The third-order valence-corrected chi connectivity index (χ3v) is 6.50. The number of benzene rings is 2. The smallest absolute Gasteiger partial charge is 0.234 e. The lowest BCUT2D eigenvalue weighted by atomic mass is 10.0. The number of ether oxygens (including phenoxy) is 1. The molecule has 0 bridgehead atoms. The molecule has 0 aliphatic heterocycles. The predicted octanol–water partition coefficient (Wildman–Crippen LogP) is 4.75. The summed E-state index contributed by atoms with van der Waals surface area (Å²) < 4.78 is 7.03. The van der Waals surface area contributed by atoms with E-state index in [0.29, 0.717) is 23.4 Å². The number of amides is 2. The molecule has 0 aliphatic carbocycles. The van der Waals surface area contributed by atoms with Crippen LogP contribution in [0.25, 0.3) is 0 Å². The van der Waals surface area contributed by atoms with Crippen molar-refractivity contribution in [2.24, 2.45) is 0 Å². The van der Waals surface area contributed by atoms with Crippen molar-refractivity contribution in [3.8, 4) is 5.75 Å². The number of hydrogen-bond donors (Lipinski definition) is 2. The highest BCUT2D eigenvalue weighted by Gasteiger charge is 2.20. The number of allylic oxidation sites excluding steroid dienone is 1. The van der Waals surface area contributed by atoms with Crippen LogP contribution in [0.2, 0.25) is 0 Å². The van der Waals surface area contributed by atoms with Gasteiger partial charge in [-0.3, -0.25) is 9.59 Å². The second-order valence-corrected chi connectivity index (χ2v) is 9.58. The van der Waals surface area contributed by atoms with E-state index in [-0.39, 0.29) is 30.0 Å². The summed E-state index contributed by atoms with van der Waals surface area (Å²) in [7, 11) is 1.60. The van der Waals surface area contributed by atoms with E-state index in [9.17, 15) is 9.59 Å². The van der Waals surface area contributed by atoms with Gasteiger partial charge in [-0.2, -0.15) is 0 Å². The van der Waals surface area contributed by atoms with E-state index < -0.39 is 0 Å². The first-order valence-electron chi connectivity index (χ1n) is 11.8. The molecule has 1 aromatic heterocycles. The normalized spacial score (nSPS) is 11.7. The van der Waals surface area contributed by atoms with Crippen molar-refractivity contribution < 1.29 is 14.3 Å². The van der Waals surface area contributed by atoms with Gasteiger partial charge < -0.3 is 19.9 Å². The standard InChI is InChI=1S/C27H33N5O3S/c1-6-15-32-26(19(4)28-24(33)16-20-11-13-21(35-5)14-12-20)30-31-27(32)36-17-25(34)29-23-10-8-7-9-22(23)18(2)3/h6-14,18-19H,1,15-17H2,2-5H3,(H,28,33)(H,29,34)/t19-/m1/s1. The number of para-hydroxylation sites is 1. The second kappa shape index (κ2) is 12.9. The molecule has 1 heterocycles. The summed E-state index contributed by atoms with van der Waals surface area (Å²) in [6.07, 6.45) is 1.98. The summed E-state index contributed by atoms with van der Waals surface area (Å²) in [5.41, 5.74) is 2.79. The molecule has 1 atom stereocenters. The Bertz CT molecular complexity index is 1190. The third-order valence-electron chi connectivity index (χ3n) is 5.53. The molecule has 8 nitrogen and oxygen atoms in total. The minimum absolute atomic E-state index is 0.122. The largest absolute Gasteiger partial charge is 0.497 e. The first-order valence-corrected chi connectivity index (χ1v) is 12.8. The average molecular weight is 508 g/mol. The van der Waals surface area contributed by atoms with Crippen molar-refractivity contribution in [3.05, 3.63) is 78.1 Å². The molecule has 190 valence electrons. The van der Waals surface area contributed by atoms with Crippen LogP contribution in [0, 0.1) is 0 Å². The number of methoxy groups -OCH3 is 1. The molecule has 2 aromatic carbocycles. The Balaban J connectivity index is 1.62. The highest BCUT2D eigenvalue weighted by atomic mass is 32.2. The van der Waals surface area contributed by atoms with Crippen LogP contribution in [0.1, 0.15) is 49.7 Å². The highest BCUT2D eigenvalue weighted by molar-refractivity contribution is 7.99. The molecule has 0 radical (unpaired) electrons. The molecule has 36 heavy (non-hydrogen) atoms. The van der Waals surface area contributed by atoms with Gasteiger partial charge in [0.15, 0.2) is 11.0 Å². The number of rotatable bonds is 12. The molecule has 2 N–H and O–H groups in total. The number of aromatic nitrogens is 3. The van der Waals surface area contributed by atoms with Crippen molar-refractivity contribution in [1.82, 2.24) is 20.1 Å². The fourth-order valence-electron chi connectivity index (χ4n) is 3.74. The number of carbonyl (C=O) groups is 2. The van der Waals surface area contributed by atoms with Gasteiger partial charge in [0.2, 0.25) is 11.8 Å². The minimum Gasteiger partial charge on any atom is -0.497 e. The molecule has 0 fully saturated rings. The molecule has 3 rings (SSSR count). The maximum absolute atomic E-state index is 12.7. The van der Waals surface area contributed by atoms with Crippen LogP contribution in [0.4, 0.5) is 5.69 Å². The van der Waals surface area contributed by atoms with E-state index in [1.54, 1.807) is 13.2 Å². The number of hydrogen-bond acceptors (Lipinski definition) is 6. The Kier molecular flexibility index (Phi) is 9.69. The van der Waals surface area contributed by atoms with Crippen LogP contribution in [-0.2, 0) is 22.6 Å². The lowest BCUT2D eigenvalue weighted by molar-refractivity contribution is -0.121. The summed E-state index contributed by atoms with van der Waals surface area (Å²) >= 11 is 1.30. The Morgan fingerprint density at radius 1 is 1.08 bits per heavy atom. The summed E-state index contributed by atoms with van der Waals surface area (Å²) in [5, 5.41) is 15.1. The SMILES string of the molecule is C=CCn1c(SCC(=O)Nc2ccccc2C(C)C)nnc1[C@@H](C)NC(=O)Cc1ccc(OC)cc1. The Morgan fingerprint density at radius 3 is 2.47 bits per heavy atom. The monoisotopic (exact) mass is 507 g/mol. The van der Waals surface area contributed by atoms with Gasteiger partial charge in [0.25, 0.3) is 0 Å². The maximum atomic E-state index is 12.7. The van der Waals surface area contributed by atoms with Gasteiger partial charge in [0.05, 0.1) is 25.3 Å². The molecule has 0 unspecified atom stereocenters. The molecule has 9 heteroatoms. The van der Waals surface area contributed by atoms with Crippen molar-refractivity contribution >= 4 is 29.3 Å². The van der Waals surface area contributed by atoms with Crippen molar-refractivity contribution in [3.63, 3.8) is 0 Å². The van der Waals surface area contributed by atoms with Crippen LogP contribution in [-0.4, -0.2) is 39.4 Å². The topological polar surface area (TPSA) is 98.1 Å². The summed E-state index contributed by atoms with van der Waals surface area (Å²) in [6.45, 7) is 10.3. The van der Waals surface area contributed by atoms with E-state index in [1.807, 2.05) is 60.0 Å². The molecule has 0 saturated heterocycles. The third kappa shape index (κ3) is 7.21. The zero-order chi connectivity index (χ0) is 26.1. The van der Waals surface area contributed by atoms with Crippen LogP contribution in [0.3, 0.4) is 0 Å². The quantitative estimate of drug-likeness (QED) is 0.271. The first kappa shape index (κ1) is 27.0.